The van der Waals surface area contributed by atoms with Crippen LogP contribution in [-0.2, 0) is 6.54 Å². The third-order valence-electron chi connectivity index (χ3n) is 2.39. The maximum absolute atomic E-state index is 9.64. The Balaban J connectivity index is 2.22. The van der Waals surface area contributed by atoms with Gasteiger partial charge in [0.2, 0.25) is 0 Å². The van der Waals surface area contributed by atoms with E-state index in [2.05, 4.69) is 19.2 Å². The molecule has 0 heterocycles. The normalized spacial score (nSPS) is 13.0. The van der Waals surface area contributed by atoms with Gasteiger partial charge in [-0.15, -0.1) is 0 Å². The van der Waals surface area contributed by atoms with E-state index in [1.54, 1.807) is 12.1 Å². The second kappa shape index (κ2) is 6.51. The van der Waals surface area contributed by atoms with E-state index in [1.165, 1.54) is 0 Å². The largest absolute Gasteiger partial charge is 0.508 e. The number of hydrogen-bond donors (Lipinski definition) is 3. The van der Waals surface area contributed by atoms with Gasteiger partial charge in [-0.3, -0.25) is 0 Å². The molecule has 0 aliphatic carbocycles. The van der Waals surface area contributed by atoms with E-state index >= 15 is 0 Å². The molecule has 90 valence electrons. The van der Waals surface area contributed by atoms with Crippen LogP contribution in [0.1, 0.15) is 25.8 Å². The Kier molecular flexibility index (Phi) is 5.29. The summed E-state index contributed by atoms with van der Waals surface area (Å²) in [5, 5.41) is 21.9. The molecule has 0 aliphatic heterocycles. The molecule has 0 spiro atoms. The molecule has 0 radical (unpaired) electrons. The molecule has 0 saturated carbocycles. The summed E-state index contributed by atoms with van der Waals surface area (Å²) >= 11 is 0. The van der Waals surface area contributed by atoms with Crippen molar-refractivity contribution >= 4 is 0 Å². The van der Waals surface area contributed by atoms with Gasteiger partial charge in [0, 0.05) is 13.1 Å². The first-order chi connectivity index (χ1) is 7.58. The molecule has 0 aromatic heterocycles. The van der Waals surface area contributed by atoms with Crippen molar-refractivity contribution in [1.29, 1.82) is 0 Å². The summed E-state index contributed by atoms with van der Waals surface area (Å²) in [5.74, 6) is 0.800. The summed E-state index contributed by atoms with van der Waals surface area (Å²) < 4.78 is 0. The van der Waals surface area contributed by atoms with Crippen LogP contribution in [0.3, 0.4) is 0 Å². The lowest BCUT2D eigenvalue weighted by Gasteiger charge is -2.13. The van der Waals surface area contributed by atoms with E-state index in [1.807, 2.05) is 12.1 Å². The Bertz CT molecular complexity index is 295. The minimum absolute atomic E-state index is 0.280. The molecule has 0 fully saturated rings. The van der Waals surface area contributed by atoms with Crippen molar-refractivity contribution in [3.63, 3.8) is 0 Å². The molecule has 1 rings (SSSR count). The number of phenols is 1. The molecule has 16 heavy (non-hydrogen) atoms. The Morgan fingerprint density at radius 3 is 2.38 bits per heavy atom. The van der Waals surface area contributed by atoms with Crippen LogP contribution < -0.4 is 5.32 Å². The van der Waals surface area contributed by atoms with Crippen LogP contribution in [0.25, 0.3) is 0 Å². The SMILES string of the molecule is CC(C)CC(O)CNCc1ccc(O)cc1. The predicted molar refractivity (Wildman–Crippen MR) is 65.3 cm³/mol. The number of aliphatic hydroxyl groups excluding tert-OH is 1. The minimum Gasteiger partial charge on any atom is -0.508 e. The van der Waals surface area contributed by atoms with Gasteiger partial charge in [0.25, 0.3) is 0 Å². The second-order valence-corrected chi connectivity index (χ2v) is 4.58. The first kappa shape index (κ1) is 13.0. The molecule has 3 nitrogen and oxygen atoms in total. The highest BCUT2D eigenvalue weighted by Crippen LogP contribution is 2.09. The summed E-state index contributed by atoms with van der Waals surface area (Å²) in [4.78, 5) is 0. The summed E-state index contributed by atoms with van der Waals surface area (Å²) in [6, 6.07) is 7.08. The summed E-state index contributed by atoms with van der Waals surface area (Å²) in [7, 11) is 0. The highest BCUT2D eigenvalue weighted by Gasteiger charge is 2.05. The van der Waals surface area contributed by atoms with Crippen molar-refractivity contribution in [2.24, 2.45) is 5.92 Å². The van der Waals surface area contributed by atoms with Crippen molar-refractivity contribution < 1.29 is 10.2 Å². The predicted octanol–water partition coefficient (Wildman–Crippen LogP) is 1.89. The lowest BCUT2D eigenvalue weighted by molar-refractivity contribution is 0.146. The zero-order chi connectivity index (χ0) is 12.0. The van der Waals surface area contributed by atoms with Crippen LogP contribution in [0, 0.1) is 5.92 Å². The lowest BCUT2D eigenvalue weighted by Crippen LogP contribution is -2.27. The number of aromatic hydroxyl groups is 1. The highest BCUT2D eigenvalue weighted by atomic mass is 16.3. The topological polar surface area (TPSA) is 52.5 Å². The van der Waals surface area contributed by atoms with Crippen molar-refractivity contribution in [2.45, 2.75) is 32.9 Å². The Hall–Kier alpha value is -1.06. The smallest absolute Gasteiger partial charge is 0.115 e. The number of benzene rings is 1. The fourth-order valence-electron chi connectivity index (χ4n) is 1.62. The van der Waals surface area contributed by atoms with Gasteiger partial charge < -0.3 is 15.5 Å². The first-order valence-corrected chi connectivity index (χ1v) is 5.74. The fraction of sp³-hybridized carbons (Fsp3) is 0.538. The highest BCUT2D eigenvalue weighted by molar-refractivity contribution is 5.25. The van der Waals surface area contributed by atoms with Gasteiger partial charge in [-0.1, -0.05) is 26.0 Å². The van der Waals surface area contributed by atoms with E-state index in [0.29, 0.717) is 12.5 Å². The van der Waals surface area contributed by atoms with Gasteiger partial charge in [-0.05, 0) is 30.0 Å². The number of nitrogens with one attached hydrogen (secondary N) is 1. The Morgan fingerprint density at radius 1 is 1.19 bits per heavy atom. The quantitative estimate of drug-likeness (QED) is 0.690. The monoisotopic (exact) mass is 223 g/mol. The molecule has 1 aromatic carbocycles. The maximum atomic E-state index is 9.64. The van der Waals surface area contributed by atoms with Crippen LogP contribution >= 0.6 is 0 Å². The number of aliphatic hydroxyl groups is 1. The summed E-state index contributed by atoms with van der Waals surface area (Å²) in [6.45, 7) is 5.53. The van der Waals surface area contributed by atoms with Crippen molar-refractivity contribution in [3.8, 4) is 5.75 Å². The van der Waals surface area contributed by atoms with Gasteiger partial charge in [-0.2, -0.15) is 0 Å². The van der Waals surface area contributed by atoms with E-state index in [-0.39, 0.29) is 11.9 Å². The van der Waals surface area contributed by atoms with Crippen molar-refractivity contribution in [1.82, 2.24) is 5.32 Å². The van der Waals surface area contributed by atoms with Gasteiger partial charge in [0.05, 0.1) is 6.10 Å². The van der Waals surface area contributed by atoms with E-state index in [0.717, 1.165) is 18.5 Å². The molecular weight excluding hydrogens is 202 g/mol. The number of phenolic OH excluding ortho intramolecular Hbond substituents is 1. The van der Waals surface area contributed by atoms with Crippen LogP contribution in [0.5, 0.6) is 5.75 Å². The zero-order valence-electron chi connectivity index (χ0n) is 9.98. The van der Waals surface area contributed by atoms with Crippen molar-refractivity contribution in [2.75, 3.05) is 6.54 Å². The molecule has 0 amide bonds. The molecule has 3 N–H and O–H groups in total. The standard InChI is InChI=1S/C13H21NO2/c1-10(2)7-13(16)9-14-8-11-3-5-12(15)6-4-11/h3-6,10,13-16H,7-9H2,1-2H3. The minimum atomic E-state index is -0.280. The van der Waals surface area contributed by atoms with Crippen LogP contribution in [-0.4, -0.2) is 22.9 Å². The van der Waals surface area contributed by atoms with Gasteiger partial charge >= 0.3 is 0 Å². The van der Waals surface area contributed by atoms with E-state index < -0.39 is 0 Å². The van der Waals surface area contributed by atoms with Gasteiger partial charge in [0.15, 0.2) is 0 Å². The second-order valence-electron chi connectivity index (χ2n) is 4.58. The first-order valence-electron chi connectivity index (χ1n) is 5.74. The molecular formula is C13H21NO2. The van der Waals surface area contributed by atoms with E-state index in [4.69, 9.17) is 5.11 Å². The van der Waals surface area contributed by atoms with Crippen LogP contribution in [0.15, 0.2) is 24.3 Å². The van der Waals surface area contributed by atoms with Gasteiger partial charge in [0.1, 0.15) is 5.75 Å². The Morgan fingerprint density at radius 2 is 1.81 bits per heavy atom. The Labute approximate surface area is 97.1 Å². The molecule has 1 aromatic rings. The lowest BCUT2D eigenvalue weighted by atomic mass is 10.1. The third kappa shape index (κ3) is 5.14. The maximum Gasteiger partial charge on any atom is 0.115 e. The van der Waals surface area contributed by atoms with Crippen molar-refractivity contribution in [3.05, 3.63) is 29.8 Å². The molecule has 1 atom stereocenters. The molecule has 0 aliphatic rings. The zero-order valence-corrected chi connectivity index (χ0v) is 9.98. The summed E-state index contributed by atoms with van der Waals surface area (Å²) in [5.41, 5.74) is 1.11. The third-order valence-corrected chi connectivity index (χ3v) is 2.39. The molecule has 3 heteroatoms. The van der Waals surface area contributed by atoms with Gasteiger partial charge in [-0.25, -0.2) is 0 Å². The average Bonchev–Trinajstić information content (AvgIpc) is 2.20. The average molecular weight is 223 g/mol. The number of rotatable bonds is 6. The fourth-order valence-corrected chi connectivity index (χ4v) is 1.62. The summed E-state index contributed by atoms with van der Waals surface area (Å²) in [6.07, 6.45) is 0.542. The van der Waals surface area contributed by atoms with Crippen LogP contribution in [0.4, 0.5) is 0 Å². The van der Waals surface area contributed by atoms with Crippen LogP contribution in [0.2, 0.25) is 0 Å². The number of hydrogen-bond acceptors (Lipinski definition) is 3. The molecule has 0 bridgehead atoms. The van der Waals surface area contributed by atoms with E-state index in [9.17, 15) is 5.11 Å². The molecule has 1 unspecified atom stereocenters. The molecule has 0 saturated heterocycles.